The van der Waals surface area contributed by atoms with Crippen LogP contribution in [0.25, 0.3) is 0 Å². The molecule has 0 bridgehead atoms. The molecule has 160 valence electrons. The summed E-state index contributed by atoms with van der Waals surface area (Å²) in [6.07, 6.45) is 1.51. The van der Waals surface area contributed by atoms with Gasteiger partial charge in [-0.3, -0.25) is 15.0 Å². The number of likely N-dealkylation sites (N-methyl/N-ethyl adjacent to an activating group) is 1. The van der Waals surface area contributed by atoms with E-state index >= 15 is 0 Å². The van der Waals surface area contributed by atoms with Crippen molar-refractivity contribution in [1.29, 1.82) is 0 Å². The van der Waals surface area contributed by atoms with Crippen LogP contribution in [-0.4, -0.2) is 73.2 Å². The predicted octanol–water partition coefficient (Wildman–Crippen LogP) is 2.36. The Morgan fingerprint density at radius 2 is 1.86 bits per heavy atom. The highest BCUT2D eigenvalue weighted by Crippen LogP contribution is 2.29. The second-order valence-corrected chi connectivity index (χ2v) is 8.90. The van der Waals surface area contributed by atoms with E-state index in [4.69, 9.17) is 10.5 Å². The highest BCUT2D eigenvalue weighted by atomic mass is 16.6. The largest absolute Gasteiger partial charge is 0.444 e. The Morgan fingerprint density at radius 1 is 1.17 bits per heavy atom. The molecule has 1 aromatic rings. The molecule has 3 N–H and O–H groups in total. The van der Waals surface area contributed by atoms with Crippen LogP contribution in [0.5, 0.6) is 0 Å². The van der Waals surface area contributed by atoms with Gasteiger partial charge in [0.1, 0.15) is 5.60 Å². The van der Waals surface area contributed by atoms with Gasteiger partial charge in [0.25, 0.3) is 0 Å². The molecule has 2 aliphatic heterocycles. The third kappa shape index (κ3) is 5.53. The predicted molar refractivity (Wildman–Crippen MR) is 115 cm³/mol. The number of nitrogen functional groups attached to an aromatic ring is 1. The Bertz CT molecular complexity index is 753. The molecule has 0 atom stereocenters. The maximum absolute atomic E-state index is 12.1. The first-order chi connectivity index (χ1) is 13.6. The molecule has 2 saturated heterocycles. The van der Waals surface area contributed by atoms with Gasteiger partial charge in [-0.2, -0.15) is 0 Å². The minimum atomic E-state index is -0.566. The van der Waals surface area contributed by atoms with Crippen molar-refractivity contribution in [3.63, 3.8) is 0 Å². The van der Waals surface area contributed by atoms with Gasteiger partial charge in [0.05, 0.1) is 17.9 Å². The highest BCUT2D eigenvalue weighted by molar-refractivity contribution is 5.90. The first-order valence-electron chi connectivity index (χ1n) is 10.2. The lowest BCUT2D eigenvalue weighted by atomic mass is 10.0. The zero-order valence-electron chi connectivity index (χ0n) is 17.9. The van der Waals surface area contributed by atoms with E-state index in [0.717, 1.165) is 44.7 Å². The summed E-state index contributed by atoms with van der Waals surface area (Å²) in [4.78, 5) is 30.5. The molecule has 8 nitrogen and oxygen atoms in total. The Kier molecular flexibility index (Phi) is 6.21. The number of carbonyl (C=O) groups excluding carboxylic acids is 2. The van der Waals surface area contributed by atoms with E-state index < -0.39 is 11.7 Å². The second kappa shape index (κ2) is 8.49. The average molecular weight is 404 g/mol. The summed E-state index contributed by atoms with van der Waals surface area (Å²) < 4.78 is 5.32. The van der Waals surface area contributed by atoms with Crippen molar-refractivity contribution in [3.8, 4) is 0 Å². The molecule has 3 rings (SSSR count). The monoisotopic (exact) mass is 403 g/mol. The van der Waals surface area contributed by atoms with Crippen molar-refractivity contribution in [1.82, 2.24) is 9.80 Å². The van der Waals surface area contributed by atoms with E-state index in [-0.39, 0.29) is 5.91 Å². The van der Waals surface area contributed by atoms with E-state index in [0.29, 0.717) is 24.0 Å². The number of ether oxygens (including phenoxy) is 1. The third-order valence-electron chi connectivity index (χ3n) is 5.51. The zero-order valence-corrected chi connectivity index (χ0v) is 17.9. The lowest BCUT2D eigenvalue weighted by Crippen LogP contribution is -2.54. The van der Waals surface area contributed by atoms with Gasteiger partial charge in [0.2, 0.25) is 5.91 Å². The average Bonchev–Trinajstić information content (AvgIpc) is 2.64. The van der Waals surface area contributed by atoms with Crippen LogP contribution in [0.2, 0.25) is 0 Å². The quantitative estimate of drug-likeness (QED) is 0.753. The SMILES string of the molecule is CN1CCN(C2CCN(c3ccc(N)c(NC(=O)OC(C)(C)C)c3)CC2)CC1=O. The lowest BCUT2D eigenvalue weighted by Gasteiger charge is -2.42. The summed E-state index contributed by atoms with van der Waals surface area (Å²) in [7, 11) is 1.87. The molecule has 2 heterocycles. The number of hydrogen-bond acceptors (Lipinski definition) is 6. The van der Waals surface area contributed by atoms with Gasteiger partial charge in [0.15, 0.2) is 0 Å². The van der Waals surface area contributed by atoms with E-state index in [9.17, 15) is 9.59 Å². The number of nitrogens with one attached hydrogen (secondary N) is 1. The van der Waals surface area contributed by atoms with Crippen LogP contribution >= 0.6 is 0 Å². The minimum absolute atomic E-state index is 0.204. The standard InChI is InChI=1S/C21H33N5O3/c1-21(2,3)29-20(28)23-18-13-16(5-6-17(18)22)25-9-7-15(8-10-25)26-12-11-24(4)19(27)14-26/h5-6,13,15H,7-12,14,22H2,1-4H3,(H,23,28). The first kappa shape index (κ1) is 21.2. The van der Waals surface area contributed by atoms with Gasteiger partial charge in [-0.15, -0.1) is 0 Å². The molecular formula is C21H33N5O3. The first-order valence-corrected chi connectivity index (χ1v) is 10.2. The molecule has 29 heavy (non-hydrogen) atoms. The molecule has 0 spiro atoms. The number of piperidine rings is 1. The van der Waals surface area contributed by atoms with Crippen LogP contribution in [0.1, 0.15) is 33.6 Å². The normalized spacial score (nSPS) is 19.4. The zero-order chi connectivity index (χ0) is 21.2. The van der Waals surface area contributed by atoms with Gasteiger partial charge < -0.3 is 20.3 Å². The summed E-state index contributed by atoms with van der Waals surface area (Å²) in [5, 5.41) is 2.75. The van der Waals surface area contributed by atoms with Gasteiger partial charge in [0, 0.05) is 45.0 Å². The molecule has 0 aromatic heterocycles. The number of nitrogens with two attached hydrogens (primary N) is 1. The Balaban J connectivity index is 1.59. The Morgan fingerprint density at radius 3 is 2.48 bits per heavy atom. The van der Waals surface area contributed by atoms with Crippen LogP contribution in [-0.2, 0) is 9.53 Å². The van der Waals surface area contributed by atoms with Crippen molar-refractivity contribution in [2.45, 2.75) is 45.3 Å². The Labute approximate surface area is 172 Å². The van der Waals surface area contributed by atoms with E-state index in [1.54, 1.807) is 4.90 Å². The minimum Gasteiger partial charge on any atom is -0.444 e. The summed E-state index contributed by atoms with van der Waals surface area (Å²) in [6.45, 7) is 9.55. The highest BCUT2D eigenvalue weighted by Gasteiger charge is 2.30. The van der Waals surface area contributed by atoms with Crippen molar-refractivity contribution < 1.29 is 14.3 Å². The van der Waals surface area contributed by atoms with E-state index in [1.807, 2.05) is 46.0 Å². The third-order valence-corrected chi connectivity index (χ3v) is 5.51. The fourth-order valence-electron chi connectivity index (χ4n) is 3.84. The number of rotatable bonds is 3. The number of nitrogens with zero attached hydrogens (tertiary/aromatic N) is 3. The maximum atomic E-state index is 12.1. The van der Waals surface area contributed by atoms with Gasteiger partial charge >= 0.3 is 6.09 Å². The fourth-order valence-corrected chi connectivity index (χ4v) is 3.84. The molecule has 1 aromatic carbocycles. The summed E-state index contributed by atoms with van der Waals surface area (Å²) >= 11 is 0. The molecule has 8 heteroatoms. The number of hydrogen-bond donors (Lipinski definition) is 2. The molecule has 2 aliphatic rings. The maximum Gasteiger partial charge on any atom is 0.412 e. The van der Waals surface area contributed by atoms with Gasteiger partial charge in [-0.05, 0) is 51.8 Å². The molecule has 2 amide bonds. The molecule has 2 fully saturated rings. The van der Waals surface area contributed by atoms with E-state index in [2.05, 4.69) is 15.1 Å². The summed E-state index contributed by atoms with van der Waals surface area (Å²) in [6, 6.07) is 6.14. The number of carbonyl (C=O) groups is 2. The molecule has 0 radical (unpaired) electrons. The number of benzene rings is 1. The molecular weight excluding hydrogens is 370 g/mol. The second-order valence-electron chi connectivity index (χ2n) is 8.90. The van der Waals surface area contributed by atoms with Crippen LogP contribution in [0, 0.1) is 0 Å². The van der Waals surface area contributed by atoms with Crippen molar-refractivity contribution in [2.24, 2.45) is 0 Å². The van der Waals surface area contributed by atoms with Crippen LogP contribution in [0.4, 0.5) is 21.9 Å². The van der Waals surface area contributed by atoms with Crippen LogP contribution in [0.15, 0.2) is 18.2 Å². The number of anilines is 3. The van der Waals surface area contributed by atoms with Crippen LogP contribution in [0.3, 0.4) is 0 Å². The molecule has 0 aliphatic carbocycles. The fraction of sp³-hybridized carbons (Fsp3) is 0.619. The molecule has 0 saturated carbocycles. The summed E-state index contributed by atoms with van der Waals surface area (Å²) in [5.41, 5.74) is 7.57. The van der Waals surface area contributed by atoms with Crippen molar-refractivity contribution >= 4 is 29.1 Å². The van der Waals surface area contributed by atoms with Crippen LogP contribution < -0.4 is 16.0 Å². The van der Waals surface area contributed by atoms with E-state index in [1.165, 1.54) is 0 Å². The van der Waals surface area contributed by atoms with Crippen molar-refractivity contribution in [2.75, 3.05) is 55.7 Å². The van der Waals surface area contributed by atoms with Gasteiger partial charge in [-0.1, -0.05) is 0 Å². The van der Waals surface area contributed by atoms with Crippen molar-refractivity contribution in [3.05, 3.63) is 18.2 Å². The topological polar surface area (TPSA) is 91.1 Å². The van der Waals surface area contributed by atoms with Gasteiger partial charge in [-0.25, -0.2) is 4.79 Å². The number of amides is 2. The Hall–Kier alpha value is -2.48. The lowest BCUT2D eigenvalue weighted by molar-refractivity contribution is -0.135. The molecule has 0 unspecified atom stereocenters. The number of piperazine rings is 1. The summed E-state index contributed by atoms with van der Waals surface area (Å²) in [5.74, 6) is 0.204. The smallest absolute Gasteiger partial charge is 0.412 e.